The molecule has 104 valence electrons. The summed E-state index contributed by atoms with van der Waals surface area (Å²) in [4.78, 5) is 26.5. The van der Waals surface area contributed by atoms with E-state index in [0.717, 1.165) is 0 Å². The van der Waals surface area contributed by atoms with Crippen molar-refractivity contribution in [1.29, 1.82) is 0 Å². The van der Waals surface area contributed by atoms with Crippen LogP contribution in [0.1, 0.15) is 26.5 Å². The van der Waals surface area contributed by atoms with Crippen LogP contribution in [0.5, 0.6) is 0 Å². The Labute approximate surface area is 111 Å². The summed E-state index contributed by atoms with van der Waals surface area (Å²) < 4.78 is 4.99. The molecule has 19 heavy (non-hydrogen) atoms. The molecule has 0 spiro atoms. The Morgan fingerprint density at radius 1 is 1.42 bits per heavy atom. The minimum Gasteiger partial charge on any atom is -0.548 e. The number of aromatic nitrogens is 1. The maximum absolute atomic E-state index is 11.5. The molecule has 0 aliphatic heterocycles. The van der Waals surface area contributed by atoms with E-state index in [4.69, 9.17) is 4.74 Å². The molecule has 1 aromatic heterocycles. The summed E-state index contributed by atoms with van der Waals surface area (Å²) >= 11 is 0. The first-order chi connectivity index (χ1) is 8.78. The molecule has 6 heteroatoms. The lowest BCUT2D eigenvalue weighted by Gasteiger charge is -2.24. The van der Waals surface area contributed by atoms with Gasteiger partial charge in [-0.2, -0.15) is 0 Å². The van der Waals surface area contributed by atoms with Gasteiger partial charge in [-0.05, 0) is 32.9 Å². The third-order valence-corrected chi connectivity index (χ3v) is 2.11. The van der Waals surface area contributed by atoms with Gasteiger partial charge in [0, 0.05) is 18.3 Å². The molecule has 0 aromatic carbocycles. The number of ether oxygens (including phenoxy) is 1. The molecule has 0 aliphatic carbocycles. The molecule has 1 aromatic rings. The fraction of sp³-hybridized carbons (Fsp3) is 0.462. The van der Waals surface area contributed by atoms with Crippen molar-refractivity contribution in [2.24, 2.45) is 0 Å². The number of carbonyl (C=O) groups is 2. The van der Waals surface area contributed by atoms with Crippen molar-refractivity contribution >= 4 is 12.1 Å². The highest BCUT2D eigenvalue weighted by Gasteiger charge is 2.20. The molecule has 0 aliphatic rings. The summed E-state index contributed by atoms with van der Waals surface area (Å²) in [5.74, 6) is -1.38. The van der Waals surface area contributed by atoms with Crippen LogP contribution in [0.25, 0.3) is 0 Å². The van der Waals surface area contributed by atoms with Crippen LogP contribution in [0.4, 0.5) is 4.79 Å². The van der Waals surface area contributed by atoms with Crippen LogP contribution < -0.4 is 10.4 Å². The lowest BCUT2D eigenvalue weighted by Crippen LogP contribution is -2.50. The number of pyridine rings is 1. The molecule has 6 nitrogen and oxygen atoms in total. The summed E-state index contributed by atoms with van der Waals surface area (Å²) in [5, 5.41) is 13.3. The van der Waals surface area contributed by atoms with Crippen LogP contribution in [0.15, 0.2) is 24.4 Å². The second-order valence-electron chi connectivity index (χ2n) is 5.04. The summed E-state index contributed by atoms with van der Waals surface area (Å²) in [7, 11) is 0. The quantitative estimate of drug-likeness (QED) is 0.843. The second-order valence-corrected chi connectivity index (χ2v) is 5.04. The van der Waals surface area contributed by atoms with E-state index in [-0.39, 0.29) is 6.42 Å². The summed E-state index contributed by atoms with van der Waals surface area (Å²) in [6, 6.07) is 3.96. The molecule has 0 bridgehead atoms. The molecule has 1 atom stereocenters. The monoisotopic (exact) mass is 265 g/mol. The lowest BCUT2D eigenvalue weighted by molar-refractivity contribution is -0.308. The zero-order valence-electron chi connectivity index (χ0n) is 11.2. The zero-order chi connectivity index (χ0) is 14.5. The fourth-order valence-corrected chi connectivity index (χ4v) is 1.37. The van der Waals surface area contributed by atoms with Crippen molar-refractivity contribution in [2.45, 2.75) is 38.8 Å². The number of alkyl carbamates (subject to hydrolysis) is 1. The third-order valence-electron chi connectivity index (χ3n) is 2.11. The Hall–Kier alpha value is -2.11. The Bertz CT molecular complexity index is 440. The number of aliphatic carboxylic acids is 1. The van der Waals surface area contributed by atoms with E-state index in [0.29, 0.717) is 5.69 Å². The Morgan fingerprint density at radius 3 is 2.58 bits per heavy atom. The van der Waals surface area contributed by atoms with Gasteiger partial charge < -0.3 is 20.0 Å². The Kier molecular flexibility index (Phi) is 4.86. The van der Waals surface area contributed by atoms with Crippen molar-refractivity contribution in [3.05, 3.63) is 30.1 Å². The van der Waals surface area contributed by atoms with E-state index in [1.54, 1.807) is 45.2 Å². The fourth-order valence-electron chi connectivity index (χ4n) is 1.37. The van der Waals surface area contributed by atoms with Gasteiger partial charge >= 0.3 is 6.09 Å². The van der Waals surface area contributed by atoms with Gasteiger partial charge in [0.25, 0.3) is 0 Å². The van der Waals surface area contributed by atoms with Crippen LogP contribution in [0.3, 0.4) is 0 Å². The second kappa shape index (κ2) is 6.17. The molecule has 1 N–H and O–H groups in total. The molecular formula is C13H17N2O4-. The highest BCUT2D eigenvalue weighted by molar-refractivity contribution is 5.78. The molecule has 0 fully saturated rings. The van der Waals surface area contributed by atoms with E-state index in [2.05, 4.69) is 10.3 Å². The van der Waals surface area contributed by atoms with Gasteiger partial charge in [0.1, 0.15) is 5.60 Å². The molecule has 0 unspecified atom stereocenters. The van der Waals surface area contributed by atoms with Crippen LogP contribution >= 0.6 is 0 Å². The van der Waals surface area contributed by atoms with E-state index >= 15 is 0 Å². The SMILES string of the molecule is CC(C)(C)OC(=O)N[C@@H](Cc1ccccn1)C(=O)[O-]. The number of carbonyl (C=O) groups excluding carboxylic acids is 2. The topological polar surface area (TPSA) is 91.3 Å². The number of rotatable bonds is 4. The molecule has 0 saturated heterocycles. The van der Waals surface area contributed by atoms with Crippen molar-refractivity contribution in [1.82, 2.24) is 10.3 Å². The van der Waals surface area contributed by atoms with Gasteiger partial charge in [-0.15, -0.1) is 0 Å². The highest BCUT2D eigenvalue weighted by Crippen LogP contribution is 2.07. The number of carboxylic acids is 1. The van der Waals surface area contributed by atoms with Crippen molar-refractivity contribution in [3.63, 3.8) is 0 Å². The number of carboxylic acid groups (broad SMARTS) is 1. The molecular weight excluding hydrogens is 248 g/mol. The molecule has 1 heterocycles. The third kappa shape index (κ3) is 5.85. The van der Waals surface area contributed by atoms with Gasteiger partial charge in [-0.1, -0.05) is 6.07 Å². The standard InChI is InChI=1S/C13H18N2O4/c1-13(2,3)19-12(18)15-10(11(16)17)8-9-6-4-5-7-14-9/h4-7,10H,8H2,1-3H3,(H,15,18)(H,16,17)/p-1/t10-/m0/s1. The number of nitrogens with zero attached hydrogens (tertiary/aromatic N) is 1. The first kappa shape index (κ1) is 14.9. The minimum atomic E-state index is -1.38. The van der Waals surface area contributed by atoms with Gasteiger partial charge in [0.05, 0.1) is 12.0 Å². The van der Waals surface area contributed by atoms with Crippen LogP contribution in [-0.2, 0) is 16.0 Å². The normalized spacial score (nSPS) is 12.6. The Morgan fingerprint density at radius 2 is 2.11 bits per heavy atom. The average Bonchev–Trinajstić information content (AvgIpc) is 2.26. The molecule has 1 rings (SSSR count). The summed E-state index contributed by atoms with van der Waals surface area (Å²) in [6.07, 6.45) is 0.801. The minimum absolute atomic E-state index is 0.0441. The maximum atomic E-state index is 11.5. The van der Waals surface area contributed by atoms with E-state index in [9.17, 15) is 14.7 Å². The Balaban J connectivity index is 2.64. The van der Waals surface area contributed by atoms with Gasteiger partial charge in [0.2, 0.25) is 0 Å². The molecule has 0 saturated carbocycles. The summed E-state index contributed by atoms with van der Waals surface area (Å²) in [5.41, 5.74) is -0.140. The van der Waals surface area contributed by atoms with Crippen molar-refractivity contribution in [3.8, 4) is 0 Å². The van der Waals surface area contributed by atoms with Crippen LogP contribution in [0, 0.1) is 0 Å². The number of nitrogens with one attached hydrogen (secondary N) is 1. The van der Waals surface area contributed by atoms with Gasteiger partial charge in [-0.25, -0.2) is 4.79 Å². The van der Waals surface area contributed by atoms with Gasteiger partial charge in [0.15, 0.2) is 0 Å². The maximum Gasteiger partial charge on any atom is 0.408 e. The van der Waals surface area contributed by atoms with E-state index < -0.39 is 23.7 Å². The summed E-state index contributed by atoms with van der Waals surface area (Å²) in [6.45, 7) is 5.08. The highest BCUT2D eigenvalue weighted by atomic mass is 16.6. The predicted molar refractivity (Wildman–Crippen MR) is 66.1 cm³/mol. The van der Waals surface area contributed by atoms with Crippen molar-refractivity contribution in [2.75, 3.05) is 0 Å². The van der Waals surface area contributed by atoms with E-state index in [1.807, 2.05) is 0 Å². The van der Waals surface area contributed by atoms with Crippen molar-refractivity contribution < 1.29 is 19.4 Å². The number of hydrogen-bond donors (Lipinski definition) is 1. The first-order valence-electron chi connectivity index (χ1n) is 5.88. The van der Waals surface area contributed by atoms with Crippen LogP contribution in [0.2, 0.25) is 0 Å². The average molecular weight is 265 g/mol. The van der Waals surface area contributed by atoms with E-state index in [1.165, 1.54) is 0 Å². The predicted octanol–water partition coefficient (Wildman–Crippen LogP) is 0.267. The smallest absolute Gasteiger partial charge is 0.408 e. The first-order valence-corrected chi connectivity index (χ1v) is 5.88. The molecule has 0 radical (unpaired) electrons. The van der Waals surface area contributed by atoms with Crippen LogP contribution in [-0.4, -0.2) is 28.7 Å². The number of hydrogen-bond acceptors (Lipinski definition) is 5. The number of amides is 1. The van der Waals surface area contributed by atoms with Gasteiger partial charge in [-0.3, -0.25) is 4.98 Å². The lowest BCUT2D eigenvalue weighted by atomic mass is 10.1. The largest absolute Gasteiger partial charge is 0.548 e. The zero-order valence-corrected chi connectivity index (χ0v) is 11.2. The molecule has 1 amide bonds.